The molecular formula is C12H11BrIN3. The Morgan fingerprint density at radius 2 is 1.76 bits per heavy atom. The van der Waals surface area contributed by atoms with Crippen LogP contribution < -0.4 is 4.90 Å². The Hall–Kier alpha value is -0.690. The second kappa shape index (κ2) is 5.77. The molecule has 0 saturated carbocycles. The molecule has 3 nitrogen and oxygen atoms in total. The molecule has 88 valence electrons. The SMILES string of the molecule is CN(Cc1ccc(Br)cc1)c1ncc(I)cn1. The van der Waals surface area contributed by atoms with E-state index in [4.69, 9.17) is 0 Å². The number of hydrogen-bond donors (Lipinski definition) is 0. The molecule has 0 saturated heterocycles. The molecule has 1 heterocycles. The fourth-order valence-electron chi connectivity index (χ4n) is 1.44. The van der Waals surface area contributed by atoms with E-state index in [9.17, 15) is 0 Å². The van der Waals surface area contributed by atoms with Crippen molar-refractivity contribution in [3.63, 3.8) is 0 Å². The first kappa shape index (κ1) is 12.8. The number of nitrogens with zero attached hydrogens (tertiary/aromatic N) is 3. The number of hydrogen-bond acceptors (Lipinski definition) is 3. The molecule has 1 aromatic heterocycles. The fourth-order valence-corrected chi connectivity index (χ4v) is 1.98. The lowest BCUT2D eigenvalue weighted by Gasteiger charge is -2.16. The quantitative estimate of drug-likeness (QED) is 0.734. The summed E-state index contributed by atoms with van der Waals surface area (Å²) >= 11 is 5.62. The van der Waals surface area contributed by atoms with E-state index in [1.54, 1.807) is 0 Å². The minimum absolute atomic E-state index is 0.744. The summed E-state index contributed by atoms with van der Waals surface area (Å²) in [5.74, 6) is 0.744. The Bertz CT molecular complexity index is 484. The predicted molar refractivity (Wildman–Crippen MR) is 81.0 cm³/mol. The van der Waals surface area contributed by atoms with Gasteiger partial charge in [0.1, 0.15) is 0 Å². The minimum Gasteiger partial charge on any atom is -0.340 e. The van der Waals surface area contributed by atoms with Crippen molar-refractivity contribution < 1.29 is 0 Å². The Labute approximate surface area is 123 Å². The van der Waals surface area contributed by atoms with Crippen LogP contribution in [0.15, 0.2) is 41.1 Å². The van der Waals surface area contributed by atoms with Crippen LogP contribution >= 0.6 is 38.5 Å². The lowest BCUT2D eigenvalue weighted by Crippen LogP contribution is -2.18. The van der Waals surface area contributed by atoms with Gasteiger partial charge in [0.05, 0.1) is 0 Å². The zero-order chi connectivity index (χ0) is 12.3. The van der Waals surface area contributed by atoms with Gasteiger partial charge in [-0.1, -0.05) is 28.1 Å². The summed E-state index contributed by atoms with van der Waals surface area (Å²) in [5, 5.41) is 0. The van der Waals surface area contributed by atoms with E-state index in [-0.39, 0.29) is 0 Å². The number of anilines is 1. The predicted octanol–water partition coefficient (Wildman–Crippen LogP) is 3.48. The normalized spacial score (nSPS) is 10.3. The van der Waals surface area contributed by atoms with E-state index >= 15 is 0 Å². The smallest absolute Gasteiger partial charge is 0.225 e. The Balaban J connectivity index is 2.08. The summed E-state index contributed by atoms with van der Waals surface area (Å²) in [5.41, 5.74) is 1.23. The summed E-state index contributed by atoms with van der Waals surface area (Å²) in [6, 6.07) is 8.26. The van der Waals surface area contributed by atoms with Crippen molar-refractivity contribution in [1.29, 1.82) is 0 Å². The lowest BCUT2D eigenvalue weighted by molar-refractivity contribution is 0.864. The summed E-state index contributed by atoms with van der Waals surface area (Å²) in [6.45, 7) is 0.799. The molecule has 0 unspecified atom stereocenters. The molecule has 0 radical (unpaired) electrons. The van der Waals surface area contributed by atoms with Crippen LogP contribution in [0.5, 0.6) is 0 Å². The highest BCUT2D eigenvalue weighted by Crippen LogP contribution is 2.14. The van der Waals surface area contributed by atoms with E-state index < -0.39 is 0 Å². The van der Waals surface area contributed by atoms with E-state index in [1.807, 2.05) is 36.5 Å². The molecule has 17 heavy (non-hydrogen) atoms. The molecule has 1 aromatic carbocycles. The van der Waals surface area contributed by atoms with Crippen LogP contribution in [0.3, 0.4) is 0 Å². The maximum atomic E-state index is 4.29. The van der Waals surface area contributed by atoms with Crippen molar-refractivity contribution in [2.24, 2.45) is 0 Å². The van der Waals surface area contributed by atoms with E-state index in [2.05, 4.69) is 60.6 Å². The molecule has 0 aliphatic rings. The van der Waals surface area contributed by atoms with Crippen LogP contribution in [0.1, 0.15) is 5.56 Å². The summed E-state index contributed by atoms with van der Waals surface area (Å²) < 4.78 is 2.14. The second-order valence-corrected chi connectivity index (χ2v) is 5.85. The Morgan fingerprint density at radius 1 is 1.18 bits per heavy atom. The largest absolute Gasteiger partial charge is 0.340 e. The highest BCUT2D eigenvalue weighted by molar-refractivity contribution is 14.1. The standard InChI is InChI=1S/C12H11BrIN3/c1-17(12-15-6-11(14)7-16-12)8-9-2-4-10(13)5-3-9/h2-7H,8H2,1H3. The molecule has 0 bridgehead atoms. The van der Waals surface area contributed by atoms with Crippen LogP contribution in [0.2, 0.25) is 0 Å². The number of rotatable bonds is 3. The van der Waals surface area contributed by atoms with Gasteiger partial charge < -0.3 is 4.90 Å². The van der Waals surface area contributed by atoms with Crippen LogP contribution in [-0.4, -0.2) is 17.0 Å². The highest BCUT2D eigenvalue weighted by Gasteiger charge is 2.04. The van der Waals surface area contributed by atoms with Gasteiger partial charge in [-0.3, -0.25) is 0 Å². The molecule has 0 aliphatic heterocycles. The number of aromatic nitrogens is 2. The van der Waals surface area contributed by atoms with Gasteiger partial charge in [0.2, 0.25) is 5.95 Å². The molecule has 0 N–H and O–H groups in total. The number of benzene rings is 1. The van der Waals surface area contributed by atoms with Crippen LogP contribution in [-0.2, 0) is 6.54 Å². The van der Waals surface area contributed by atoms with Crippen molar-refractivity contribution in [3.8, 4) is 0 Å². The topological polar surface area (TPSA) is 29.0 Å². The molecule has 2 rings (SSSR count). The van der Waals surface area contributed by atoms with Gasteiger partial charge in [-0.15, -0.1) is 0 Å². The molecule has 5 heteroatoms. The van der Waals surface area contributed by atoms with E-state index in [0.29, 0.717) is 0 Å². The monoisotopic (exact) mass is 403 g/mol. The fraction of sp³-hybridized carbons (Fsp3) is 0.167. The third-order valence-electron chi connectivity index (χ3n) is 2.28. The van der Waals surface area contributed by atoms with Gasteiger partial charge in [0.25, 0.3) is 0 Å². The Morgan fingerprint density at radius 3 is 2.35 bits per heavy atom. The van der Waals surface area contributed by atoms with Gasteiger partial charge in [-0.05, 0) is 40.3 Å². The van der Waals surface area contributed by atoms with Gasteiger partial charge >= 0.3 is 0 Å². The zero-order valence-corrected chi connectivity index (χ0v) is 13.0. The lowest BCUT2D eigenvalue weighted by atomic mass is 10.2. The van der Waals surface area contributed by atoms with Gasteiger partial charge in [0, 0.05) is 34.0 Å². The average Bonchev–Trinajstić information content (AvgIpc) is 2.33. The summed E-state index contributed by atoms with van der Waals surface area (Å²) in [6.07, 6.45) is 3.64. The van der Waals surface area contributed by atoms with Crippen molar-refractivity contribution in [1.82, 2.24) is 9.97 Å². The van der Waals surface area contributed by atoms with Crippen molar-refractivity contribution in [2.75, 3.05) is 11.9 Å². The van der Waals surface area contributed by atoms with Crippen molar-refractivity contribution >= 4 is 44.5 Å². The highest BCUT2D eigenvalue weighted by atomic mass is 127. The summed E-state index contributed by atoms with van der Waals surface area (Å²) in [7, 11) is 1.99. The maximum Gasteiger partial charge on any atom is 0.225 e. The maximum absolute atomic E-state index is 4.29. The van der Waals surface area contributed by atoms with E-state index in [0.717, 1.165) is 20.5 Å². The van der Waals surface area contributed by atoms with Crippen molar-refractivity contribution in [3.05, 3.63) is 50.3 Å². The zero-order valence-electron chi connectivity index (χ0n) is 9.27. The average molecular weight is 404 g/mol. The third kappa shape index (κ3) is 3.64. The first-order valence-corrected chi connectivity index (χ1v) is 6.95. The van der Waals surface area contributed by atoms with E-state index in [1.165, 1.54) is 5.56 Å². The molecule has 0 spiro atoms. The first-order valence-electron chi connectivity index (χ1n) is 5.08. The van der Waals surface area contributed by atoms with Gasteiger partial charge in [0.15, 0.2) is 0 Å². The minimum atomic E-state index is 0.744. The Kier molecular flexibility index (Phi) is 4.33. The van der Waals surface area contributed by atoms with Crippen LogP contribution in [0.4, 0.5) is 5.95 Å². The van der Waals surface area contributed by atoms with Crippen molar-refractivity contribution in [2.45, 2.75) is 6.54 Å². The molecule has 0 aliphatic carbocycles. The molecule has 2 aromatic rings. The number of halogens is 2. The van der Waals surface area contributed by atoms with Gasteiger partial charge in [-0.2, -0.15) is 0 Å². The third-order valence-corrected chi connectivity index (χ3v) is 3.37. The molecule has 0 fully saturated rings. The molecule has 0 amide bonds. The van der Waals surface area contributed by atoms with Crippen LogP contribution in [0, 0.1) is 3.57 Å². The van der Waals surface area contributed by atoms with Gasteiger partial charge in [-0.25, -0.2) is 9.97 Å². The second-order valence-electron chi connectivity index (χ2n) is 3.68. The first-order chi connectivity index (χ1) is 8.15. The summed E-state index contributed by atoms with van der Waals surface area (Å²) in [4.78, 5) is 10.6. The molecular weight excluding hydrogens is 393 g/mol. The molecule has 0 atom stereocenters. The van der Waals surface area contributed by atoms with Crippen LogP contribution in [0.25, 0.3) is 0 Å².